The second-order valence-corrected chi connectivity index (χ2v) is 5.01. The second-order valence-electron chi connectivity index (χ2n) is 4.63. The number of aryl methyl sites for hydroxylation is 1. The lowest BCUT2D eigenvalue weighted by molar-refractivity contribution is 0.0935. The Labute approximate surface area is 113 Å². The molecule has 1 amide bonds. The Morgan fingerprint density at radius 3 is 2.67 bits per heavy atom. The highest BCUT2D eigenvalue weighted by Gasteiger charge is 2.18. The van der Waals surface area contributed by atoms with Crippen molar-refractivity contribution in [3.63, 3.8) is 0 Å². The first-order chi connectivity index (χ1) is 8.47. The predicted octanol–water partition coefficient (Wildman–Crippen LogP) is 1.83. The summed E-state index contributed by atoms with van der Waals surface area (Å²) in [5.74, 6) is -0.229. The first-order valence-electron chi connectivity index (χ1n) is 6.12. The summed E-state index contributed by atoms with van der Waals surface area (Å²) in [7, 11) is 4.02. The Bertz CT molecular complexity index is 403. The summed E-state index contributed by atoms with van der Waals surface area (Å²) in [4.78, 5) is 14.0. The average Bonchev–Trinajstić information content (AvgIpc) is 2.65. The van der Waals surface area contributed by atoms with E-state index in [-0.39, 0.29) is 11.6 Å². The Morgan fingerprint density at radius 2 is 2.22 bits per heavy atom. The number of aromatic nitrogens is 2. The standard InChI is InChI=1S/C12H21ClN4O/c1-5-6-9(17(3)4)7-14-12(18)11-10(13)8(2)15-16-11/h9H,5-7H2,1-4H3,(H,14,18)(H,15,16). The molecule has 18 heavy (non-hydrogen) atoms. The Kier molecular flexibility index (Phi) is 5.62. The molecule has 1 heterocycles. The molecule has 1 aromatic rings. The van der Waals surface area contributed by atoms with E-state index < -0.39 is 0 Å². The fourth-order valence-electron chi connectivity index (χ4n) is 1.74. The van der Waals surface area contributed by atoms with E-state index in [0.717, 1.165) is 12.8 Å². The molecular formula is C12H21ClN4O. The SMILES string of the molecule is CCCC(CNC(=O)c1n[nH]c(C)c1Cl)N(C)C. The summed E-state index contributed by atoms with van der Waals surface area (Å²) < 4.78 is 0. The van der Waals surface area contributed by atoms with E-state index >= 15 is 0 Å². The lowest BCUT2D eigenvalue weighted by atomic mass is 10.1. The second kappa shape index (κ2) is 6.75. The highest BCUT2D eigenvalue weighted by Crippen LogP contribution is 2.16. The summed E-state index contributed by atoms with van der Waals surface area (Å²) in [5, 5.41) is 9.87. The van der Waals surface area contributed by atoms with Gasteiger partial charge in [-0.1, -0.05) is 24.9 Å². The summed E-state index contributed by atoms with van der Waals surface area (Å²) in [5.41, 5.74) is 0.975. The van der Waals surface area contributed by atoms with E-state index in [1.807, 2.05) is 14.1 Å². The van der Waals surface area contributed by atoms with Gasteiger partial charge < -0.3 is 10.2 Å². The van der Waals surface area contributed by atoms with Crippen molar-refractivity contribution in [2.75, 3.05) is 20.6 Å². The van der Waals surface area contributed by atoms with Crippen LogP contribution in [-0.2, 0) is 0 Å². The van der Waals surface area contributed by atoms with Crippen molar-refractivity contribution >= 4 is 17.5 Å². The van der Waals surface area contributed by atoms with Gasteiger partial charge in [-0.2, -0.15) is 5.10 Å². The zero-order valence-electron chi connectivity index (χ0n) is 11.4. The first-order valence-corrected chi connectivity index (χ1v) is 6.50. The number of hydrogen-bond acceptors (Lipinski definition) is 3. The van der Waals surface area contributed by atoms with Gasteiger partial charge in [0.1, 0.15) is 0 Å². The van der Waals surface area contributed by atoms with Crippen LogP contribution in [0.5, 0.6) is 0 Å². The fraction of sp³-hybridized carbons (Fsp3) is 0.667. The fourth-order valence-corrected chi connectivity index (χ4v) is 1.91. The molecule has 1 aromatic heterocycles. The van der Waals surface area contributed by atoms with Crippen LogP contribution in [-0.4, -0.2) is 47.7 Å². The van der Waals surface area contributed by atoms with Gasteiger partial charge in [-0.15, -0.1) is 0 Å². The van der Waals surface area contributed by atoms with Crippen molar-refractivity contribution in [1.82, 2.24) is 20.4 Å². The number of nitrogens with zero attached hydrogens (tertiary/aromatic N) is 2. The molecule has 0 radical (unpaired) electrons. The van der Waals surface area contributed by atoms with Gasteiger partial charge in [0.2, 0.25) is 0 Å². The third-order valence-electron chi connectivity index (χ3n) is 2.94. The van der Waals surface area contributed by atoms with E-state index in [4.69, 9.17) is 11.6 Å². The number of aromatic amines is 1. The zero-order valence-corrected chi connectivity index (χ0v) is 12.1. The van der Waals surface area contributed by atoms with Crippen LogP contribution in [0.2, 0.25) is 5.02 Å². The Balaban J connectivity index is 2.57. The molecule has 0 spiro atoms. The summed E-state index contributed by atoms with van der Waals surface area (Å²) in [6.07, 6.45) is 2.13. The number of carbonyl (C=O) groups excluding carboxylic acids is 1. The molecular weight excluding hydrogens is 252 g/mol. The van der Waals surface area contributed by atoms with E-state index in [0.29, 0.717) is 23.3 Å². The molecule has 0 aliphatic heterocycles. The van der Waals surface area contributed by atoms with Gasteiger partial charge in [0.25, 0.3) is 5.91 Å². The summed E-state index contributed by atoms with van der Waals surface area (Å²) >= 11 is 5.98. The number of nitrogens with one attached hydrogen (secondary N) is 2. The number of hydrogen-bond donors (Lipinski definition) is 2. The summed E-state index contributed by atoms with van der Waals surface area (Å²) in [6, 6.07) is 0.331. The quantitative estimate of drug-likeness (QED) is 0.831. The Hall–Kier alpha value is -1.07. The molecule has 0 aromatic carbocycles. The van der Waals surface area contributed by atoms with Crippen LogP contribution in [0.25, 0.3) is 0 Å². The van der Waals surface area contributed by atoms with Crippen LogP contribution in [0.15, 0.2) is 0 Å². The van der Waals surface area contributed by atoms with Crippen LogP contribution in [0.1, 0.15) is 35.9 Å². The zero-order chi connectivity index (χ0) is 13.7. The highest BCUT2D eigenvalue weighted by molar-refractivity contribution is 6.34. The van der Waals surface area contributed by atoms with Crippen molar-refractivity contribution in [3.05, 3.63) is 16.4 Å². The molecule has 0 aliphatic carbocycles. The Morgan fingerprint density at radius 1 is 1.56 bits per heavy atom. The third kappa shape index (κ3) is 3.71. The average molecular weight is 273 g/mol. The maximum absolute atomic E-state index is 11.9. The van der Waals surface area contributed by atoms with Crippen LogP contribution >= 0.6 is 11.6 Å². The minimum Gasteiger partial charge on any atom is -0.349 e. The number of amides is 1. The van der Waals surface area contributed by atoms with Gasteiger partial charge >= 0.3 is 0 Å². The molecule has 0 saturated carbocycles. The molecule has 1 unspecified atom stereocenters. The largest absolute Gasteiger partial charge is 0.349 e. The lowest BCUT2D eigenvalue weighted by Crippen LogP contribution is -2.40. The summed E-state index contributed by atoms with van der Waals surface area (Å²) in [6.45, 7) is 4.51. The van der Waals surface area contributed by atoms with E-state index in [1.165, 1.54) is 0 Å². The highest BCUT2D eigenvalue weighted by atomic mass is 35.5. The topological polar surface area (TPSA) is 61.0 Å². The van der Waals surface area contributed by atoms with Crippen molar-refractivity contribution in [1.29, 1.82) is 0 Å². The number of carbonyl (C=O) groups is 1. The first kappa shape index (κ1) is 15.0. The van der Waals surface area contributed by atoms with E-state index in [9.17, 15) is 4.79 Å². The molecule has 102 valence electrons. The molecule has 6 heteroatoms. The molecule has 0 bridgehead atoms. The number of likely N-dealkylation sites (N-methyl/N-ethyl adjacent to an activating group) is 1. The molecule has 5 nitrogen and oxygen atoms in total. The minimum absolute atomic E-state index is 0.229. The lowest BCUT2D eigenvalue weighted by Gasteiger charge is -2.23. The van der Waals surface area contributed by atoms with Gasteiger partial charge in [-0.05, 0) is 27.4 Å². The van der Waals surface area contributed by atoms with E-state index in [1.54, 1.807) is 6.92 Å². The van der Waals surface area contributed by atoms with Crippen LogP contribution in [0.4, 0.5) is 0 Å². The molecule has 1 rings (SSSR count). The normalized spacial score (nSPS) is 12.8. The van der Waals surface area contributed by atoms with Gasteiger partial charge in [0.15, 0.2) is 5.69 Å². The molecule has 2 N–H and O–H groups in total. The van der Waals surface area contributed by atoms with Gasteiger partial charge in [-0.3, -0.25) is 9.89 Å². The molecule has 0 fully saturated rings. The van der Waals surface area contributed by atoms with Crippen molar-refractivity contribution < 1.29 is 4.79 Å². The van der Waals surface area contributed by atoms with Crippen molar-refractivity contribution in [2.24, 2.45) is 0 Å². The monoisotopic (exact) mass is 272 g/mol. The molecule has 0 saturated heterocycles. The van der Waals surface area contributed by atoms with Crippen molar-refractivity contribution in [3.8, 4) is 0 Å². The molecule has 0 aliphatic rings. The minimum atomic E-state index is -0.229. The van der Waals surface area contributed by atoms with Crippen LogP contribution in [0, 0.1) is 6.92 Å². The smallest absolute Gasteiger partial charge is 0.273 e. The van der Waals surface area contributed by atoms with Crippen LogP contribution in [0.3, 0.4) is 0 Å². The molecule has 1 atom stereocenters. The third-order valence-corrected chi connectivity index (χ3v) is 3.40. The van der Waals surface area contributed by atoms with Gasteiger partial charge in [-0.25, -0.2) is 0 Å². The van der Waals surface area contributed by atoms with Gasteiger partial charge in [0, 0.05) is 12.6 Å². The number of H-pyrrole nitrogens is 1. The number of halogens is 1. The predicted molar refractivity (Wildman–Crippen MR) is 73.1 cm³/mol. The van der Waals surface area contributed by atoms with Crippen molar-refractivity contribution in [2.45, 2.75) is 32.7 Å². The van der Waals surface area contributed by atoms with Gasteiger partial charge in [0.05, 0.1) is 10.7 Å². The maximum atomic E-state index is 11.9. The number of rotatable bonds is 6. The van der Waals surface area contributed by atoms with Crippen LogP contribution < -0.4 is 5.32 Å². The van der Waals surface area contributed by atoms with E-state index in [2.05, 4.69) is 27.3 Å². The maximum Gasteiger partial charge on any atom is 0.273 e.